The van der Waals surface area contributed by atoms with Gasteiger partial charge in [-0.1, -0.05) is 12.1 Å². The first-order chi connectivity index (χ1) is 8.56. The number of rotatable bonds is 3. The normalized spacial score (nSPS) is 20.8. The molecule has 1 aliphatic rings. The first-order valence-electron chi connectivity index (χ1n) is 6.44. The molecule has 1 heterocycles. The van der Waals surface area contributed by atoms with Crippen LogP contribution in [0.1, 0.15) is 31.9 Å². The fourth-order valence-corrected chi connectivity index (χ4v) is 2.39. The third-order valence-electron chi connectivity index (χ3n) is 3.38. The van der Waals surface area contributed by atoms with Gasteiger partial charge in [0.05, 0.1) is 0 Å². The molecule has 1 aromatic carbocycles. The Morgan fingerprint density at radius 1 is 1.44 bits per heavy atom. The van der Waals surface area contributed by atoms with Crippen LogP contribution in [0.15, 0.2) is 24.3 Å². The lowest BCUT2D eigenvalue weighted by Gasteiger charge is -2.19. The van der Waals surface area contributed by atoms with Crippen molar-refractivity contribution in [1.29, 1.82) is 0 Å². The molecule has 4 nitrogen and oxygen atoms in total. The molecule has 1 amide bonds. The molecule has 98 valence electrons. The van der Waals surface area contributed by atoms with Gasteiger partial charge >= 0.3 is 0 Å². The van der Waals surface area contributed by atoms with Crippen molar-refractivity contribution in [3.63, 3.8) is 0 Å². The van der Waals surface area contributed by atoms with Gasteiger partial charge in [0, 0.05) is 37.8 Å². The lowest BCUT2D eigenvalue weighted by atomic mass is 10.1. The number of anilines is 1. The average Bonchev–Trinajstić information content (AvgIpc) is 2.76. The number of amides is 1. The van der Waals surface area contributed by atoms with Gasteiger partial charge in [-0.05, 0) is 31.0 Å². The summed E-state index contributed by atoms with van der Waals surface area (Å²) in [5.41, 5.74) is 8.18. The second-order valence-electron chi connectivity index (χ2n) is 5.01. The summed E-state index contributed by atoms with van der Waals surface area (Å²) in [6.07, 6.45) is 1.01. The van der Waals surface area contributed by atoms with E-state index in [1.54, 1.807) is 6.92 Å². The van der Waals surface area contributed by atoms with E-state index in [0.29, 0.717) is 0 Å². The number of nitrogens with zero attached hydrogens (tertiary/aromatic N) is 1. The molecule has 0 radical (unpaired) electrons. The first-order valence-corrected chi connectivity index (χ1v) is 6.44. The van der Waals surface area contributed by atoms with Gasteiger partial charge in [-0.25, -0.2) is 0 Å². The second kappa shape index (κ2) is 5.40. The van der Waals surface area contributed by atoms with Gasteiger partial charge in [-0.15, -0.1) is 0 Å². The SMILES string of the molecule is CC(=O)NC1CCN(c2ccc([C@H](C)N)cc2)C1. The molecule has 3 N–H and O–H groups in total. The monoisotopic (exact) mass is 247 g/mol. The summed E-state index contributed by atoms with van der Waals surface area (Å²) in [6, 6.07) is 8.71. The molecule has 2 atom stereocenters. The molecule has 0 bridgehead atoms. The fraction of sp³-hybridized carbons (Fsp3) is 0.500. The topological polar surface area (TPSA) is 58.4 Å². The zero-order chi connectivity index (χ0) is 13.1. The molecule has 2 rings (SSSR count). The third-order valence-corrected chi connectivity index (χ3v) is 3.38. The summed E-state index contributed by atoms with van der Waals surface area (Å²) in [4.78, 5) is 13.3. The second-order valence-corrected chi connectivity index (χ2v) is 5.01. The maximum Gasteiger partial charge on any atom is 0.217 e. The molecule has 0 saturated carbocycles. The molecule has 1 aliphatic heterocycles. The minimum absolute atomic E-state index is 0.0501. The molecule has 1 fully saturated rings. The van der Waals surface area contributed by atoms with Gasteiger partial charge in [-0.2, -0.15) is 0 Å². The quantitative estimate of drug-likeness (QED) is 0.849. The Kier molecular flexibility index (Phi) is 3.87. The van der Waals surface area contributed by atoms with Crippen molar-refractivity contribution >= 4 is 11.6 Å². The molecular formula is C14H21N3O. The van der Waals surface area contributed by atoms with Crippen LogP contribution >= 0.6 is 0 Å². The van der Waals surface area contributed by atoms with Crippen LogP contribution in [0.4, 0.5) is 5.69 Å². The van der Waals surface area contributed by atoms with E-state index in [-0.39, 0.29) is 18.0 Å². The molecule has 0 aliphatic carbocycles. The molecule has 1 unspecified atom stereocenters. The van der Waals surface area contributed by atoms with E-state index in [0.717, 1.165) is 25.1 Å². The predicted molar refractivity (Wildman–Crippen MR) is 73.5 cm³/mol. The van der Waals surface area contributed by atoms with Gasteiger partial charge in [-0.3, -0.25) is 4.79 Å². The number of nitrogens with two attached hydrogens (primary N) is 1. The molecule has 0 spiro atoms. The Bertz CT molecular complexity index is 414. The van der Waals surface area contributed by atoms with Gasteiger partial charge in [0.25, 0.3) is 0 Å². The Labute approximate surface area is 108 Å². The molecule has 1 saturated heterocycles. The number of hydrogen-bond acceptors (Lipinski definition) is 3. The van der Waals surface area contributed by atoms with E-state index in [9.17, 15) is 4.79 Å². The van der Waals surface area contributed by atoms with Crippen LogP contribution in [0.25, 0.3) is 0 Å². The Morgan fingerprint density at radius 2 is 2.11 bits per heavy atom. The molecular weight excluding hydrogens is 226 g/mol. The van der Waals surface area contributed by atoms with Crippen molar-refractivity contribution in [3.8, 4) is 0 Å². The first kappa shape index (κ1) is 12.9. The smallest absolute Gasteiger partial charge is 0.217 e. The van der Waals surface area contributed by atoms with E-state index < -0.39 is 0 Å². The number of nitrogens with one attached hydrogen (secondary N) is 1. The van der Waals surface area contributed by atoms with E-state index in [1.165, 1.54) is 5.69 Å². The van der Waals surface area contributed by atoms with Crippen molar-refractivity contribution < 1.29 is 4.79 Å². The van der Waals surface area contributed by atoms with Gasteiger partial charge in [0.15, 0.2) is 0 Å². The van der Waals surface area contributed by atoms with Gasteiger partial charge < -0.3 is 16.0 Å². The summed E-state index contributed by atoms with van der Waals surface area (Å²) in [6.45, 7) is 5.43. The number of hydrogen-bond donors (Lipinski definition) is 2. The maximum atomic E-state index is 11.0. The van der Waals surface area contributed by atoms with Gasteiger partial charge in [0.2, 0.25) is 5.91 Å². The number of carbonyl (C=O) groups excluding carboxylic acids is 1. The minimum atomic E-state index is 0.0501. The molecule has 0 aromatic heterocycles. The lowest BCUT2D eigenvalue weighted by Crippen LogP contribution is -2.35. The molecule has 18 heavy (non-hydrogen) atoms. The Balaban J connectivity index is 1.98. The Morgan fingerprint density at radius 3 is 2.67 bits per heavy atom. The summed E-state index contributed by atoms with van der Waals surface area (Å²) >= 11 is 0. The van der Waals surface area contributed by atoms with Crippen molar-refractivity contribution in [1.82, 2.24) is 5.32 Å². The minimum Gasteiger partial charge on any atom is -0.369 e. The lowest BCUT2D eigenvalue weighted by molar-refractivity contribution is -0.119. The Hall–Kier alpha value is -1.55. The van der Waals surface area contributed by atoms with E-state index in [4.69, 9.17) is 5.73 Å². The largest absolute Gasteiger partial charge is 0.369 e. The van der Waals surface area contributed by atoms with E-state index in [1.807, 2.05) is 6.92 Å². The molecule has 4 heteroatoms. The predicted octanol–water partition coefficient (Wildman–Crippen LogP) is 1.42. The number of benzene rings is 1. The zero-order valence-electron chi connectivity index (χ0n) is 11.0. The highest BCUT2D eigenvalue weighted by Gasteiger charge is 2.23. The van der Waals surface area contributed by atoms with E-state index >= 15 is 0 Å². The number of carbonyl (C=O) groups is 1. The highest BCUT2D eigenvalue weighted by Crippen LogP contribution is 2.22. The van der Waals surface area contributed by atoms with E-state index in [2.05, 4.69) is 34.5 Å². The van der Waals surface area contributed by atoms with Crippen LogP contribution in [0.3, 0.4) is 0 Å². The summed E-state index contributed by atoms with van der Waals surface area (Å²) in [5, 5.41) is 2.97. The summed E-state index contributed by atoms with van der Waals surface area (Å²) in [5.74, 6) is 0.0501. The highest BCUT2D eigenvalue weighted by atomic mass is 16.1. The highest BCUT2D eigenvalue weighted by molar-refractivity contribution is 5.73. The maximum absolute atomic E-state index is 11.0. The van der Waals surface area contributed by atoms with Crippen LogP contribution in [-0.2, 0) is 4.79 Å². The van der Waals surface area contributed by atoms with Gasteiger partial charge in [0.1, 0.15) is 0 Å². The van der Waals surface area contributed by atoms with Crippen LogP contribution in [0, 0.1) is 0 Å². The summed E-state index contributed by atoms with van der Waals surface area (Å²) < 4.78 is 0. The van der Waals surface area contributed by atoms with Crippen molar-refractivity contribution in [2.24, 2.45) is 5.73 Å². The average molecular weight is 247 g/mol. The zero-order valence-corrected chi connectivity index (χ0v) is 11.0. The molecule has 1 aromatic rings. The van der Waals surface area contributed by atoms with Crippen molar-refractivity contribution in [2.45, 2.75) is 32.4 Å². The van der Waals surface area contributed by atoms with Crippen molar-refractivity contribution in [2.75, 3.05) is 18.0 Å². The van der Waals surface area contributed by atoms with Crippen LogP contribution in [0.5, 0.6) is 0 Å². The van der Waals surface area contributed by atoms with Crippen molar-refractivity contribution in [3.05, 3.63) is 29.8 Å². The standard InChI is InChI=1S/C14H21N3O/c1-10(15)12-3-5-14(6-4-12)17-8-7-13(9-17)16-11(2)18/h3-6,10,13H,7-9,15H2,1-2H3,(H,16,18)/t10-,13?/m0/s1. The third kappa shape index (κ3) is 3.01. The van der Waals surface area contributed by atoms with Crippen LogP contribution in [-0.4, -0.2) is 25.0 Å². The fourth-order valence-electron chi connectivity index (χ4n) is 2.39. The van der Waals surface area contributed by atoms with Crippen LogP contribution in [0.2, 0.25) is 0 Å². The summed E-state index contributed by atoms with van der Waals surface area (Å²) in [7, 11) is 0. The van der Waals surface area contributed by atoms with Crippen LogP contribution < -0.4 is 16.0 Å².